The Kier molecular flexibility index (Phi) is 5.73. The summed E-state index contributed by atoms with van der Waals surface area (Å²) < 4.78 is 11.0. The van der Waals surface area contributed by atoms with Gasteiger partial charge in [0.05, 0.1) is 6.10 Å². The zero-order valence-electron chi connectivity index (χ0n) is 14.3. The van der Waals surface area contributed by atoms with Crippen LogP contribution >= 0.6 is 0 Å². The summed E-state index contributed by atoms with van der Waals surface area (Å²) in [5.41, 5.74) is 1.05. The Hall–Kier alpha value is -3.02. The molecule has 2 aromatic carbocycles. The van der Waals surface area contributed by atoms with Crippen molar-refractivity contribution in [3.05, 3.63) is 54.1 Å². The molecule has 0 saturated heterocycles. The van der Waals surface area contributed by atoms with Crippen LogP contribution in [-0.4, -0.2) is 29.7 Å². The summed E-state index contributed by atoms with van der Waals surface area (Å²) in [5.74, 6) is -0.227. The minimum Gasteiger partial charge on any atom is -0.490 e. The number of anilines is 1. The van der Waals surface area contributed by atoms with Gasteiger partial charge >= 0.3 is 5.97 Å². The number of hydrogen-bond acceptors (Lipinski definition) is 4. The topological polar surface area (TPSA) is 84.9 Å². The van der Waals surface area contributed by atoms with Crippen molar-refractivity contribution in [3.63, 3.8) is 0 Å². The third-order valence-corrected chi connectivity index (χ3v) is 4.18. The monoisotopic (exact) mass is 355 g/mol. The minimum atomic E-state index is -1.07. The number of ether oxygens (including phenoxy) is 2. The van der Waals surface area contributed by atoms with E-state index in [0.29, 0.717) is 23.1 Å². The zero-order valence-corrected chi connectivity index (χ0v) is 14.3. The Labute approximate surface area is 151 Å². The Morgan fingerprint density at radius 2 is 1.77 bits per heavy atom. The maximum atomic E-state index is 12.4. The molecule has 26 heavy (non-hydrogen) atoms. The van der Waals surface area contributed by atoms with Gasteiger partial charge in [0.25, 0.3) is 5.91 Å². The van der Waals surface area contributed by atoms with Crippen molar-refractivity contribution in [3.8, 4) is 11.5 Å². The number of carbonyl (C=O) groups is 2. The van der Waals surface area contributed by atoms with Crippen LogP contribution in [0.3, 0.4) is 0 Å². The van der Waals surface area contributed by atoms with Crippen LogP contribution in [0.2, 0.25) is 0 Å². The Morgan fingerprint density at radius 3 is 2.46 bits per heavy atom. The van der Waals surface area contributed by atoms with Crippen LogP contribution < -0.4 is 14.8 Å². The van der Waals surface area contributed by atoms with Crippen LogP contribution in [0.5, 0.6) is 11.5 Å². The van der Waals surface area contributed by atoms with E-state index in [2.05, 4.69) is 5.32 Å². The quantitative estimate of drug-likeness (QED) is 0.791. The molecule has 0 radical (unpaired) electrons. The van der Waals surface area contributed by atoms with E-state index in [1.807, 2.05) is 12.1 Å². The molecule has 1 aliphatic rings. The van der Waals surface area contributed by atoms with E-state index >= 15 is 0 Å². The summed E-state index contributed by atoms with van der Waals surface area (Å²) >= 11 is 0. The van der Waals surface area contributed by atoms with Gasteiger partial charge in [-0.3, -0.25) is 4.79 Å². The van der Waals surface area contributed by atoms with Crippen molar-refractivity contribution in [1.82, 2.24) is 0 Å². The molecule has 0 aliphatic heterocycles. The van der Waals surface area contributed by atoms with E-state index in [-0.39, 0.29) is 5.91 Å². The lowest BCUT2D eigenvalue weighted by Gasteiger charge is -2.13. The molecule has 0 unspecified atom stereocenters. The molecule has 6 nitrogen and oxygen atoms in total. The number of carboxylic acid groups (broad SMARTS) is 1. The molecule has 3 rings (SSSR count). The second-order valence-corrected chi connectivity index (χ2v) is 6.21. The molecule has 0 atom stereocenters. The highest BCUT2D eigenvalue weighted by Crippen LogP contribution is 2.25. The van der Waals surface area contributed by atoms with Gasteiger partial charge < -0.3 is 19.9 Å². The first-order valence-electron chi connectivity index (χ1n) is 8.63. The van der Waals surface area contributed by atoms with Crippen LogP contribution in [0.25, 0.3) is 0 Å². The van der Waals surface area contributed by atoms with E-state index in [9.17, 15) is 9.59 Å². The summed E-state index contributed by atoms with van der Waals surface area (Å²) in [6, 6.07) is 13.7. The summed E-state index contributed by atoms with van der Waals surface area (Å²) in [5, 5.41) is 11.5. The first kappa shape index (κ1) is 17.8. The van der Waals surface area contributed by atoms with Crippen LogP contribution in [0.4, 0.5) is 5.69 Å². The van der Waals surface area contributed by atoms with E-state index in [1.54, 1.807) is 30.3 Å². The molecule has 0 spiro atoms. The summed E-state index contributed by atoms with van der Waals surface area (Å²) in [6.45, 7) is -0.451. The van der Waals surface area contributed by atoms with Gasteiger partial charge in [-0.2, -0.15) is 0 Å². The number of hydrogen-bond donors (Lipinski definition) is 2. The first-order valence-corrected chi connectivity index (χ1v) is 8.63. The fraction of sp³-hybridized carbons (Fsp3) is 0.300. The van der Waals surface area contributed by atoms with Crippen molar-refractivity contribution in [2.45, 2.75) is 31.8 Å². The molecular formula is C20H21NO5. The average molecular weight is 355 g/mol. The molecule has 0 bridgehead atoms. The predicted molar refractivity (Wildman–Crippen MR) is 96.9 cm³/mol. The highest BCUT2D eigenvalue weighted by atomic mass is 16.5. The molecule has 2 N–H and O–H groups in total. The molecule has 1 saturated carbocycles. The molecule has 136 valence electrons. The molecule has 1 fully saturated rings. The molecule has 1 amide bonds. The maximum absolute atomic E-state index is 12.4. The Morgan fingerprint density at radius 1 is 1.04 bits per heavy atom. The molecule has 1 aliphatic carbocycles. The summed E-state index contributed by atoms with van der Waals surface area (Å²) in [7, 11) is 0. The van der Waals surface area contributed by atoms with E-state index < -0.39 is 12.6 Å². The van der Waals surface area contributed by atoms with E-state index in [0.717, 1.165) is 18.6 Å². The molecule has 0 aromatic heterocycles. The third-order valence-electron chi connectivity index (χ3n) is 4.18. The fourth-order valence-electron chi connectivity index (χ4n) is 2.89. The third kappa shape index (κ3) is 4.99. The van der Waals surface area contributed by atoms with Crippen LogP contribution in [0.1, 0.15) is 36.0 Å². The average Bonchev–Trinajstić information content (AvgIpc) is 3.15. The van der Waals surface area contributed by atoms with Gasteiger partial charge in [-0.15, -0.1) is 0 Å². The lowest BCUT2D eigenvalue weighted by atomic mass is 10.2. The highest BCUT2D eigenvalue weighted by Gasteiger charge is 2.16. The number of rotatable bonds is 7. The van der Waals surface area contributed by atoms with Gasteiger partial charge in [-0.05, 0) is 68.1 Å². The van der Waals surface area contributed by atoms with Gasteiger partial charge in [0.1, 0.15) is 11.5 Å². The molecule has 2 aromatic rings. The lowest BCUT2D eigenvalue weighted by Crippen LogP contribution is -2.13. The van der Waals surface area contributed by atoms with Gasteiger partial charge in [-0.1, -0.05) is 6.07 Å². The van der Waals surface area contributed by atoms with Crippen molar-refractivity contribution in [2.24, 2.45) is 0 Å². The second kappa shape index (κ2) is 8.38. The number of benzene rings is 2. The lowest BCUT2D eigenvalue weighted by molar-refractivity contribution is -0.139. The standard InChI is InChI=1S/C20H21NO5/c22-19(23)13-25-18-7-3-4-14(12-18)20(24)21-15-8-10-17(11-9-15)26-16-5-1-2-6-16/h3-4,7-12,16H,1-2,5-6,13H2,(H,21,24)(H,22,23). The van der Waals surface area contributed by atoms with Crippen molar-refractivity contribution < 1.29 is 24.2 Å². The van der Waals surface area contributed by atoms with E-state index in [4.69, 9.17) is 14.6 Å². The van der Waals surface area contributed by atoms with Crippen LogP contribution in [0, 0.1) is 0 Å². The van der Waals surface area contributed by atoms with Gasteiger partial charge in [0, 0.05) is 11.3 Å². The summed E-state index contributed by atoms with van der Waals surface area (Å²) in [6.07, 6.45) is 4.92. The number of aliphatic carboxylic acids is 1. The second-order valence-electron chi connectivity index (χ2n) is 6.21. The van der Waals surface area contributed by atoms with Crippen LogP contribution in [0.15, 0.2) is 48.5 Å². The van der Waals surface area contributed by atoms with Crippen molar-refractivity contribution in [2.75, 3.05) is 11.9 Å². The number of carboxylic acids is 1. The number of amides is 1. The maximum Gasteiger partial charge on any atom is 0.341 e. The SMILES string of the molecule is O=C(O)COc1cccc(C(=O)Nc2ccc(OC3CCCC3)cc2)c1. The Balaban J connectivity index is 1.58. The van der Waals surface area contributed by atoms with Crippen LogP contribution in [-0.2, 0) is 4.79 Å². The minimum absolute atomic E-state index is 0.295. The Bertz CT molecular complexity index is 766. The van der Waals surface area contributed by atoms with Gasteiger partial charge in [0.15, 0.2) is 6.61 Å². The number of nitrogens with one attached hydrogen (secondary N) is 1. The molecule has 6 heteroatoms. The zero-order chi connectivity index (χ0) is 18.4. The molecule has 0 heterocycles. The predicted octanol–water partition coefficient (Wildman–Crippen LogP) is 3.72. The van der Waals surface area contributed by atoms with Crippen molar-refractivity contribution in [1.29, 1.82) is 0 Å². The smallest absolute Gasteiger partial charge is 0.341 e. The highest BCUT2D eigenvalue weighted by molar-refractivity contribution is 6.04. The largest absolute Gasteiger partial charge is 0.490 e. The van der Waals surface area contributed by atoms with Gasteiger partial charge in [0.2, 0.25) is 0 Å². The van der Waals surface area contributed by atoms with Crippen molar-refractivity contribution >= 4 is 17.6 Å². The fourth-order valence-corrected chi connectivity index (χ4v) is 2.89. The summed E-state index contributed by atoms with van der Waals surface area (Å²) in [4.78, 5) is 22.9. The first-order chi connectivity index (χ1) is 12.6. The van der Waals surface area contributed by atoms with E-state index in [1.165, 1.54) is 18.9 Å². The van der Waals surface area contributed by atoms with Gasteiger partial charge in [-0.25, -0.2) is 4.79 Å². The number of carbonyl (C=O) groups excluding carboxylic acids is 1. The molecular weight excluding hydrogens is 334 g/mol. The normalized spacial score (nSPS) is 14.0.